The number of hydrogen-bond acceptors (Lipinski definition) is 3. The van der Waals surface area contributed by atoms with Crippen LogP contribution in [0.3, 0.4) is 0 Å². The van der Waals surface area contributed by atoms with Crippen LogP contribution in [0, 0.1) is 20.8 Å². The Morgan fingerprint density at radius 1 is 1.28 bits per heavy atom. The predicted octanol–water partition coefficient (Wildman–Crippen LogP) is 2.95. The van der Waals surface area contributed by atoms with Crippen LogP contribution in [0.5, 0.6) is 11.6 Å². The molecule has 94 valence electrons. The zero-order valence-electron chi connectivity index (χ0n) is 11.0. The van der Waals surface area contributed by atoms with Gasteiger partial charge in [0.05, 0.1) is 11.3 Å². The molecule has 0 unspecified atom stereocenters. The highest BCUT2D eigenvalue weighted by Crippen LogP contribution is 2.28. The predicted molar refractivity (Wildman–Crippen MR) is 69.3 cm³/mol. The van der Waals surface area contributed by atoms with E-state index in [9.17, 15) is 4.79 Å². The Morgan fingerprint density at radius 3 is 2.61 bits per heavy atom. The molecular formula is C14H16N2O2. The van der Waals surface area contributed by atoms with Crippen molar-refractivity contribution in [2.75, 3.05) is 0 Å². The van der Waals surface area contributed by atoms with Gasteiger partial charge in [-0.25, -0.2) is 4.68 Å². The van der Waals surface area contributed by atoms with Crippen LogP contribution in [0.15, 0.2) is 18.2 Å². The van der Waals surface area contributed by atoms with Crippen molar-refractivity contribution in [1.82, 2.24) is 9.78 Å². The lowest BCUT2D eigenvalue weighted by Gasteiger charge is -2.09. The molecule has 0 spiro atoms. The van der Waals surface area contributed by atoms with E-state index < -0.39 is 0 Å². The first-order valence-electron chi connectivity index (χ1n) is 5.77. The second-order valence-corrected chi connectivity index (χ2v) is 4.42. The van der Waals surface area contributed by atoms with E-state index in [2.05, 4.69) is 5.10 Å². The molecule has 18 heavy (non-hydrogen) atoms. The summed E-state index contributed by atoms with van der Waals surface area (Å²) in [5, 5.41) is 4.19. The summed E-state index contributed by atoms with van der Waals surface area (Å²) in [7, 11) is 1.76. The molecule has 4 heteroatoms. The molecule has 0 amide bonds. The van der Waals surface area contributed by atoms with Crippen LogP contribution < -0.4 is 4.74 Å². The fourth-order valence-corrected chi connectivity index (χ4v) is 1.93. The van der Waals surface area contributed by atoms with Crippen molar-refractivity contribution in [3.05, 3.63) is 40.6 Å². The van der Waals surface area contributed by atoms with Gasteiger partial charge in [0.1, 0.15) is 5.75 Å². The van der Waals surface area contributed by atoms with Gasteiger partial charge in [-0.05, 0) is 32.4 Å². The largest absolute Gasteiger partial charge is 0.438 e. The Balaban J connectivity index is 2.42. The third-order valence-electron chi connectivity index (χ3n) is 2.87. The standard InChI is InChI=1S/C14H16N2O2/c1-9-5-6-13(10(2)7-9)18-14-12(8-17)11(3)15-16(14)4/h5-8H,1-4H3. The molecule has 0 saturated carbocycles. The van der Waals surface area contributed by atoms with Crippen LogP contribution in [0.25, 0.3) is 0 Å². The van der Waals surface area contributed by atoms with Crippen LogP contribution in [0.4, 0.5) is 0 Å². The average molecular weight is 244 g/mol. The molecule has 1 heterocycles. The minimum absolute atomic E-state index is 0.481. The van der Waals surface area contributed by atoms with Crippen LogP contribution in [-0.4, -0.2) is 16.1 Å². The van der Waals surface area contributed by atoms with Gasteiger partial charge >= 0.3 is 0 Å². The van der Waals surface area contributed by atoms with Crippen LogP contribution in [0.1, 0.15) is 27.2 Å². The monoisotopic (exact) mass is 244 g/mol. The van der Waals surface area contributed by atoms with Crippen molar-refractivity contribution < 1.29 is 9.53 Å². The molecule has 4 nitrogen and oxygen atoms in total. The summed E-state index contributed by atoms with van der Waals surface area (Å²) >= 11 is 0. The van der Waals surface area contributed by atoms with Crippen LogP contribution in [-0.2, 0) is 7.05 Å². The number of benzene rings is 1. The SMILES string of the molecule is Cc1ccc(Oc2c(C=O)c(C)nn2C)c(C)c1. The molecule has 1 aromatic carbocycles. The topological polar surface area (TPSA) is 44.1 Å². The van der Waals surface area contributed by atoms with E-state index in [1.807, 2.05) is 32.0 Å². The minimum Gasteiger partial charge on any atom is -0.438 e. The van der Waals surface area contributed by atoms with Crippen molar-refractivity contribution in [3.63, 3.8) is 0 Å². The van der Waals surface area contributed by atoms with Crippen molar-refractivity contribution in [2.24, 2.45) is 7.05 Å². The normalized spacial score (nSPS) is 10.4. The molecule has 0 aliphatic carbocycles. The Labute approximate surface area is 106 Å². The van der Waals surface area contributed by atoms with Crippen molar-refractivity contribution >= 4 is 6.29 Å². The zero-order valence-corrected chi connectivity index (χ0v) is 11.0. The van der Waals surface area contributed by atoms with Gasteiger partial charge in [-0.15, -0.1) is 0 Å². The summed E-state index contributed by atoms with van der Waals surface area (Å²) in [5.74, 6) is 1.22. The molecule has 0 N–H and O–H groups in total. The van der Waals surface area contributed by atoms with Crippen molar-refractivity contribution in [2.45, 2.75) is 20.8 Å². The van der Waals surface area contributed by atoms with Gasteiger partial charge < -0.3 is 4.74 Å². The van der Waals surface area contributed by atoms with E-state index in [0.717, 1.165) is 17.6 Å². The number of aromatic nitrogens is 2. The van der Waals surface area contributed by atoms with Crippen molar-refractivity contribution in [1.29, 1.82) is 0 Å². The van der Waals surface area contributed by atoms with E-state index in [1.165, 1.54) is 5.56 Å². The van der Waals surface area contributed by atoms with Gasteiger partial charge in [0.25, 0.3) is 0 Å². The second kappa shape index (κ2) is 4.64. The maximum Gasteiger partial charge on any atom is 0.228 e. The third-order valence-corrected chi connectivity index (χ3v) is 2.87. The summed E-state index contributed by atoms with van der Waals surface area (Å²) in [6.07, 6.45) is 0.779. The van der Waals surface area contributed by atoms with Crippen LogP contribution in [0.2, 0.25) is 0 Å². The highest BCUT2D eigenvalue weighted by Gasteiger charge is 2.15. The average Bonchev–Trinajstić information content (AvgIpc) is 2.57. The molecule has 1 aromatic heterocycles. The number of carbonyl (C=O) groups excluding carboxylic acids is 1. The van der Waals surface area contributed by atoms with Crippen LogP contribution >= 0.6 is 0 Å². The molecule has 2 aromatic rings. The fourth-order valence-electron chi connectivity index (χ4n) is 1.93. The van der Waals surface area contributed by atoms with Gasteiger partial charge in [-0.3, -0.25) is 4.79 Å². The fraction of sp³-hybridized carbons (Fsp3) is 0.286. The van der Waals surface area contributed by atoms with E-state index in [0.29, 0.717) is 17.1 Å². The second-order valence-electron chi connectivity index (χ2n) is 4.42. The number of hydrogen-bond donors (Lipinski definition) is 0. The lowest BCUT2D eigenvalue weighted by molar-refractivity contribution is 0.112. The Bertz CT molecular complexity index is 600. The molecule has 0 fully saturated rings. The van der Waals surface area contributed by atoms with Gasteiger partial charge in [0.2, 0.25) is 5.88 Å². The Kier molecular flexibility index (Phi) is 3.19. The Morgan fingerprint density at radius 2 is 2.00 bits per heavy atom. The maximum absolute atomic E-state index is 11.1. The van der Waals surface area contributed by atoms with Gasteiger partial charge in [-0.2, -0.15) is 5.10 Å². The third kappa shape index (κ3) is 2.14. The quantitative estimate of drug-likeness (QED) is 0.780. The summed E-state index contributed by atoms with van der Waals surface area (Å²) < 4.78 is 7.39. The molecule has 0 radical (unpaired) electrons. The molecule has 0 aliphatic heterocycles. The molecule has 0 aliphatic rings. The molecule has 0 atom stereocenters. The van der Waals surface area contributed by atoms with Crippen molar-refractivity contribution in [3.8, 4) is 11.6 Å². The first kappa shape index (κ1) is 12.4. The number of ether oxygens (including phenoxy) is 1. The minimum atomic E-state index is 0.481. The Hall–Kier alpha value is -2.10. The highest BCUT2D eigenvalue weighted by atomic mass is 16.5. The first-order valence-corrected chi connectivity index (χ1v) is 5.77. The number of rotatable bonds is 3. The maximum atomic E-state index is 11.1. The number of aldehydes is 1. The smallest absolute Gasteiger partial charge is 0.228 e. The van der Waals surface area contributed by atoms with Gasteiger partial charge in [-0.1, -0.05) is 17.7 Å². The summed E-state index contributed by atoms with van der Waals surface area (Å²) in [6, 6.07) is 5.92. The lowest BCUT2D eigenvalue weighted by atomic mass is 10.1. The number of aryl methyl sites for hydroxylation is 4. The lowest BCUT2D eigenvalue weighted by Crippen LogP contribution is -1.98. The number of carbonyl (C=O) groups is 1. The van der Waals surface area contributed by atoms with E-state index in [4.69, 9.17) is 4.74 Å². The summed E-state index contributed by atoms with van der Waals surface area (Å²) in [5.41, 5.74) is 3.38. The highest BCUT2D eigenvalue weighted by molar-refractivity contribution is 5.80. The van der Waals surface area contributed by atoms with E-state index in [-0.39, 0.29) is 0 Å². The molecule has 0 bridgehead atoms. The zero-order chi connectivity index (χ0) is 13.3. The van der Waals surface area contributed by atoms with Gasteiger partial charge in [0.15, 0.2) is 6.29 Å². The summed E-state index contributed by atoms with van der Waals surface area (Å²) in [4.78, 5) is 11.1. The van der Waals surface area contributed by atoms with Gasteiger partial charge in [0, 0.05) is 7.05 Å². The molecular weight excluding hydrogens is 228 g/mol. The number of nitrogens with zero attached hydrogens (tertiary/aromatic N) is 2. The first-order chi connectivity index (χ1) is 8.52. The summed E-state index contributed by atoms with van der Waals surface area (Å²) in [6.45, 7) is 5.80. The van der Waals surface area contributed by atoms with E-state index in [1.54, 1.807) is 18.7 Å². The molecule has 0 saturated heterocycles. The van der Waals surface area contributed by atoms with E-state index >= 15 is 0 Å². The molecule has 2 rings (SSSR count).